The first-order chi connectivity index (χ1) is 11.1. The summed E-state index contributed by atoms with van der Waals surface area (Å²) >= 11 is 1.50. The number of anilines is 1. The highest BCUT2D eigenvalue weighted by molar-refractivity contribution is 7.14. The quantitative estimate of drug-likeness (QED) is 0.540. The highest BCUT2D eigenvalue weighted by atomic mass is 32.1. The Labute approximate surface area is 138 Å². The molecule has 23 heavy (non-hydrogen) atoms. The van der Waals surface area contributed by atoms with Crippen LogP contribution in [0.5, 0.6) is 0 Å². The topological polar surface area (TPSA) is 37.3 Å². The average Bonchev–Trinajstić information content (AvgIpc) is 2.98. The normalized spacial score (nSPS) is 11.1. The van der Waals surface area contributed by atoms with Crippen LogP contribution in [-0.2, 0) is 0 Å². The van der Waals surface area contributed by atoms with E-state index in [1.54, 1.807) is 18.3 Å². The van der Waals surface area contributed by atoms with Crippen molar-refractivity contribution in [2.45, 2.75) is 13.8 Å². The molecule has 0 amide bonds. The molecule has 1 N–H and O–H groups in total. The van der Waals surface area contributed by atoms with Gasteiger partial charge in [-0.05, 0) is 37.1 Å². The number of benzene rings is 2. The molecule has 0 radical (unpaired) electrons. The lowest BCUT2D eigenvalue weighted by molar-refractivity contribution is 0.628. The Morgan fingerprint density at radius 3 is 2.65 bits per heavy atom. The van der Waals surface area contributed by atoms with Crippen LogP contribution >= 0.6 is 11.3 Å². The van der Waals surface area contributed by atoms with Crippen molar-refractivity contribution in [3.8, 4) is 11.3 Å². The van der Waals surface area contributed by atoms with Crippen LogP contribution in [0.15, 0.2) is 52.9 Å². The van der Waals surface area contributed by atoms with E-state index in [0.29, 0.717) is 0 Å². The average molecular weight is 325 g/mol. The zero-order valence-corrected chi connectivity index (χ0v) is 13.7. The highest BCUT2D eigenvalue weighted by Crippen LogP contribution is 2.27. The molecule has 116 valence electrons. The molecule has 0 aliphatic carbocycles. The van der Waals surface area contributed by atoms with Gasteiger partial charge in [0.1, 0.15) is 5.82 Å². The predicted octanol–water partition coefficient (Wildman–Crippen LogP) is 5.01. The first kappa shape index (κ1) is 15.4. The summed E-state index contributed by atoms with van der Waals surface area (Å²) in [5.74, 6) is -0.256. The summed E-state index contributed by atoms with van der Waals surface area (Å²) in [6.07, 6.45) is 1.64. The van der Waals surface area contributed by atoms with Crippen molar-refractivity contribution in [3.63, 3.8) is 0 Å². The number of nitrogens with one attached hydrogen (secondary N) is 1. The molecule has 5 heteroatoms. The molecule has 0 saturated heterocycles. The minimum Gasteiger partial charge on any atom is -0.253 e. The molecule has 0 fully saturated rings. The number of nitrogens with zero attached hydrogens (tertiary/aromatic N) is 2. The van der Waals surface area contributed by atoms with Gasteiger partial charge in [-0.15, -0.1) is 11.3 Å². The lowest BCUT2D eigenvalue weighted by Gasteiger charge is -2.03. The van der Waals surface area contributed by atoms with Crippen molar-refractivity contribution >= 4 is 22.7 Å². The monoisotopic (exact) mass is 325 g/mol. The predicted molar refractivity (Wildman–Crippen MR) is 94.6 cm³/mol. The molecule has 3 nitrogen and oxygen atoms in total. The van der Waals surface area contributed by atoms with Gasteiger partial charge in [-0.2, -0.15) is 5.10 Å². The van der Waals surface area contributed by atoms with E-state index in [2.05, 4.69) is 47.6 Å². The van der Waals surface area contributed by atoms with Crippen LogP contribution in [0, 0.1) is 19.7 Å². The maximum Gasteiger partial charge on any atom is 0.203 e. The molecule has 0 unspecified atom stereocenters. The first-order valence-corrected chi connectivity index (χ1v) is 8.07. The summed E-state index contributed by atoms with van der Waals surface area (Å²) < 4.78 is 12.8. The van der Waals surface area contributed by atoms with Gasteiger partial charge in [0.2, 0.25) is 5.13 Å². The molecule has 1 aromatic heterocycles. The highest BCUT2D eigenvalue weighted by Gasteiger charge is 2.06. The van der Waals surface area contributed by atoms with Crippen LogP contribution in [0.2, 0.25) is 0 Å². The van der Waals surface area contributed by atoms with Crippen molar-refractivity contribution in [1.29, 1.82) is 0 Å². The minimum atomic E-state index is -0.256. The number of thiazole rings is 1. The second kappa shape index (κ2) is 6.71. The molecular formula is C18H16FN3S. The maximum absolute atomic E-state index is 12.8. The van der Waals surface area contributed by atoms with E-state index in [1.165, 1.54) is 34.6 Å². The summed E-state index contributed by atoms with van der Waals surface area (Å²) in [6, 6.07) is 12.5. The summed E-state index contributed by atoms with van der Waals surface area (Å²) in [6.45, 7) is 4.16. The van der Waals surface area contributed by atoms with Crippen molar-refractivity contribution < 1.29 is 4.39 Å². The van der Waals surface area contributed by atoms with E-state index >= 15 is 0 Å². The van der Waals surface area contributed by atoms with Crippen molar-refractivity contribution in [3.05, 3.63) is 70.4 Å². The lowest BCUT2D eigenvalue weighted by Crippen LogP contribution is -1.91. The lowest BCUT2D eigenvalue weighted by atomic mass is 10.0. The number of halogens is 1. The molecule has 3 aromatic rings. The first-order valence-electron chi connectivity index (χ1n) is 7.19. The minimum absolute atomic E-state index is 0.256. The van der Waals surface area contributed by atoms with E-state index < -0.39 is 0 Å². The molecule has 0 aliphatic heterocycles. The van der Waals surface area contributed by atoms with E-state index in [9.17, 15) is 4.39 Å². The van der Waals surface area contributed by atoms with Gasteiger partial charge >= 0.3 is 0 Å². The fourth-order valence-corrected chi connectivity index (χ4v) is 2.92. The number of hydrogen-bond acceptors (Lipinski definition) is 4. The van der Waals surface area contributed by atoms with Gasteiger partial charge in [-0.3, -0.25) is 5.43 Å². The van der Waals surface area contributed by atoms with Crippen LogP contribution in [-0.4, -0.2) is 11.2 Å². The van der Waals surface area contributed by atoms with Gasteiger partial charge in [-0.1, -0.05) is 35.9 Å². The van der Waals surface area contributed by atoms with E-state index in [4.69, 9.17) is 0 Å². The van der Waals surface area contributed by atoms with Gasteiger partial charge in [0.25, 0.3) is 0 Å². The van der Waals surface area contributed by atoms with Gasteiger partial charge in [0, 0.05) is 10.9 Å². The largest absolute Gasteiger partial charge is 0.253 e. The van der Waals surface area contributed by atoms with Crippen molar-refractivity contribution in [2.24, 2.45) is 5.10 Å². The number of aromatic nitrogens is 1. The Bertz CT molecular complexity index is 838. The zero-order chi connectivity index (χ0) is 16.2. The molecule has 0 spiro atoms. The Kier molecular flexibility index (Phi) is 4.48. The fraction of sp³-hybridized carbons (Fsp3) is 0.111. The molecule has 0 saturated carbocycles. The van der Waals surface area contributed by atoms with Gasteiger partial charge in [-0.25, -0.2) is 9.37 Å². The molecule has 2 aromatic carbocycles. The molecule has 1 heterocycles. The third kappa shape index (κ3) is 3.81. The molecular weight excluding hydrogens is 309 g/mol. The summed E-state index contributed by atoms with van der Waals surface area (Å²) in [7, 11) is 0. The van der Waals surface area contributed by atoms with Crippen molar-refractivity contribution in [2.75, 3.05) is 5.43 Å². The van der Waals surface area contributed by atoms with E-state index in [1.807, 2.05) is 5.38 Å². The van der Waals surface area contributed by atoms with Crippen molar-refractivity contribution in [1.82, 2.24) is 4.98 Å². The van der Waals surface area contributed by atoms with E-state index in [-0.39, 0.29) is 5.82 Å². The van der Waals surface area contributed by atoms with Crippen LogP contribution in [0.3, 0.4) is 0 Å². The van der Waals surface area contributed by atoms with Gasteiger partial charge in [0.05, 0.1) is 11.9 Å². The van der Waals surface area contributed by atoms with Crippen LogP contribution in [0.25, 0.3) is 11.3 Å². The Balaban J connectivity index is 1.71. The number of hydrazone groups is 1. The van der Waals surface area contributed by atoms with Crippen LogP contribution < -0.4 is 5.43 Å². The second-order valence-electron chi connectivity index (χ2n) is 5.28. The van der Waals surface area contributed by atoms with Crippen LogP contribution in [0.4, 0.5) is 9.52 Å². The molecule has 0 bridgehead atoms. The Morgan fingerprint density at radius 2 is 1.91 bits per heavy atom. The molecule has 0 atom stereocenters. The fourth-order valence-electron chi connectivity index (χ4n) is 2.26. The Morgan fingerprint density at radius 1 is 1.13 bits per heavy atom. The maximum atomic E-state index is 12.8. The summed E-state index contributed by atoms with van der Waals surface area (Å²) in [4.78, 5) is 4.55. The zero-order valence-electron chi connectivity index (χ0n) is 12.9. The number of aryl methyl sites for hydroxylation is 2. The smallest absolute Gasteiger partial charge is 0.203 e. The third-order valence-electron chi connectivity index (χ3n) is 3.41. The molecule has 0 aliphatic rings. The summed E-state index contributed by atoms with van der Waals surface area (Å²) in [5, 5.41) is 6.86. The summed E-state index contributed by atoms with van der Waals surface area (Å²) in [5.41, 5.74) is 8.25. The molecule has 3 rings (SSSR count). The van der Waals surface area contributed by atoms with Gasteiger partial charge in [0.15, 0.2) is 0 Å². The SMILES string of the molecule is Cc1ccc(-c2csc(N/N=C\c3ccc(F)cc3)n2)c(C)c1. The van der Waals surface area contributed by atoms with Crippen LogP contribution in [0.1, 0.15) is 16.7 Å². The third-order valence-corrected chi connectivity index (χ3v) is 4.15. The van der Waals surface area contributed by atoms with Gasteiger partial charge < -0.3 is 0 Å². The second-order valence-corrected chi connectivity index (χ2v) is 6.14. The van der Waals surface area contributed by atoms with E-state index in [0.717, 1.165) is 22.0 Å². The number of rotatable bonds is 4. The Hall–Kier alpha value is -2.53. The number of hydrogen-bond donors (Lipinski definition) is 1. The standard InChI is InChI=1S/C18H16FN3S/c1-12-3-8-16(13(2)9-12)17-11-23-18(21-17)22-20-10-14-4-6-15(19)7-5-14/h3-11H,1-2H3,(H,21,22)/b20-10-.